The van der Waals surface area contributed by atoms with Crippen LogP contribution in [-0.4, -0.2) is 22.9 Å². The second-order valence-corrected chi connectivity index (χ2v) is 4.56. The molecule has 0 atom stereocenters. The van der Waals surface area contributed by atoms with Gasteiger partial charge >= 0.3 is 0 Å². The summed E-state index contributed by atoms with van der Waals surface area (Å²) < 4.78 is 0. The van der Waals surface area contributed by atoms with Crippen LogP contribution < -0.4 is 11.1 Å². The van der Waals surface area contributed by atoms with Gasteiger partial charge in [0.25, 0.3) is 11.6 Å². The Kier molecular flexibility index (Phi) is 5.00. The molecular formula is C13H19N3O3. The zero-order valence-electron chi connectivity index (χ0n) is 11.2. The number of non-ortho nitro benzene ring substituents is 1. The summed E-state index contributed by atoms with van der Waals surface area (Å²) in [5.74, 6) is -0.272. The number of nitro groups is 1. The summed E-state index contributed by atoms with van der Waals surface area (Å²) in [5.41, 5.74) is 6.03. The van der Waals surface area contributed by atoms with E-state index < -0.39 is 10.5 Å². The highest BCUT2D eigenvalue weighted by Crippen LogP contribution is 2.13. The van der Waals surface area contributed by atoms with Gasteiger partial charge in [-0.1, -0.05) is 13.8 Å². The summed E-state index contributed by atoms with van der Waals surface area (Å²) in [6.07, 6.45) is 1.54. The molecule has 6 nitrogen and oxygen atoms in total. The van der Waals surface area contributed by atoms with E-state index >= 15 is 0 Å². The Balaban J connectivity index is 2.66. The Morgan fingerprint density at radius 1 is 1.32 bits per heavy atom. The van der Waals surface area contributed by atoms with Crippen LogP contribution in [-0.2, 0) is 0 Å². The maximum absolute atomic E-state index is 11.9. The first-order valence-corrected chi connectivity index (χ1v) is 6.23. The molecule has 0 aliphatic heterocycles. The van der Waals surface area contributed by atoms with Gasteiger partial charge in [-0.3, -0.25) is 14.9 Å². The topological polar surface area (TPSA) is 98.3 Å². The summed E-state index contributed by atoms with van der Waals surface area (Å²) in [7, 11) is 0. The number of hydrogen-bond acceptors (Lipinski definition) is 4. The SMILES string of the molecule is CCC(N)(CC)CNC(=O)c1ccc([N+](=O)[O-])cc1. The fourth-order valence-corrected chi connectivity index (χ4v) is 1.59. The molecule has 0 saturated heterocycles. The lowest BCUT2D eigenvalue weighted by atomic mass is 9.94. The second-order valence-electron chi connectivity index (χ2n) is 4.56. The number of carbonyl (C=O) groups excluding carboxylic acids is 1. The number of nitro benzene ring substituents is 1. The van der Waals surface area contributed by atoms with Crippen LogP contribution >= 0.6 is 0 Å². The molecule has 0 fully saturated rings. The van der Waals surface area contributed by atoms with Crippen molar-refractivity contribution in [3.63, 3.8) is 0 Å². The first-order chi connectivity index (χ1) is 8.91. The van der Waals surface area contributed by atoms with Crippen LogP contribution in [0.2, 0.25) is 0 Å². The zero-order chi connectivity index (χ0) is 14.5. The van der Waals surface area contributed by atoms with Crippen molar-refractivity contribution in [2.75, 3.05) is 6.54 Å². The average molecular weight is 265 g/mol. The first kappa shape index (κ1) is 15.1. The maximum atomic E-state index is 11.9. The summed E-state index contributed by atoms with van der Waals surface area (Å²) >= 11 is 0. The van der Waals surface area contributed by atoms with Gasteiger partial charge in [-0.2, -0.15) is 0 Å². The van der Waals surface area contributed by atoms with Crippen molar-refractivity contribution in [2.24, 2.45) is 5.73 Å². The second kappa shape index (κ2) is 6.29. The minimum Gasteiger partial charge on any atom is -0.350 e. The number of hydrogen-bond donors (Lipinski definition) is 2. The molecule has 0 radical (unpaired) electrons. The van der Waals surface area contributed by atoms with Crippen molar-refractivity contribution in [1.29, 1.82) is 0 Å². The molecule has 1 amide bonds. The summed E-state index contributed by atoms with van der Waals surface area (Å²) in [6.45, 7) is 4.33. The first-order valence-electron chi connectivity index (χ1n) is 6.23. The van der Waals surface area contributed by atoms with Crippen molar-refractivity contribution in [3.05, 3.63) is 39.9 Å². The molecule has 3 N–H and O–H groups in total. The van der Waals surface area contributed by atoms with Crippen molar-refractivity contribution >= 4 is 11.6 Å². The van der Waals surface area contributed by atoms with Crippen LogP contribution in [0, 0.1) is 10.1 Å². The van der Waals surface area contributed by atoms with Gasteiger partial charge in [0, 0.05) is 29.8 Å². The van der Waals surface area contributed by atoms with Crippen molar-refractivity contribution in [3.8, 4) is 0 Å². The molecule has 0 heterocycles. The maximum Gasteiger partial charge on any atom is 0.269 e. The van der Waals surface area contributed by atoms with Gasteiger partial charge in [0.15, 0.2) is 0 Å². The number of amides is 1. The third kappa shape index (κ3) is 4.03. The Hall–Kier alpha value is -1.95. The van der Waals surface area contributed by atoms with E-state index in [2.05, 4.69) is 5.32 Å². The standard InChI is InChI=1S/C13H19N3O3/c1-3-13(14,4-2)9-15-12(17)10-5-7-11(8-6-10)16(18)19/h5-8H,3-4,9,14H2,1-2H3,(H,15,17). The summed E-state index contributed by atoms with van der Waals surface area (Å²) in [5, 5.41) is 13.3. The van der Waals surface area contributed by atoms with Gasteiger partial charge in [-0.25, -0.2) is 0 Å². The van der Waals surface area contributed by atoms with Crippen LogP contribution in [0.15, 0.2) is 24.3 Å². The van der Waals surface area contributed by atoms with Gasteiger partial charge < -0.3 is 11.1 Å². The Morgan fingerprint density at radius 3 is 2.26 bits per heavy atom. The van der Waals surface area contributed by atoms with Crippen LogP contribution in [0.1, 0.15) is 37.0 Å². The molecule has 0 aromatic heterocycles. The third-order valence-corrected chi connectivity index (χ3v) is 3.35. The van der Waals surface area contributed by atoms with Gasteiger partial charge in [0.1, 0.15) is 0 Å². The predicted octanol–water partition coefficient (Wildman–Crippen LogP) is 1.84. The number of nitrogens with two attached hydrogens (primary N) is 1. The van der Waals surface area contributed by atoms with E-state index in [1.807, 2.05) is 13.8 Å². The Labute approximate surface area is 112 Å². The molecule has 6 heteroatoms. The number of carbonyl (C=O) groups is 1. The molecule has 0 aliphatic carbocycles. The Bertz CT molecular complexity index is 453. The fraction of sp³-hybridized carbons (Fsp3) is 0.462. The van der Waals surface area contributed by atoms with E-state index in [9.17, 15) is 14.9 Å². The molecule has 0 unspecified atom stereocenters. The molecular weight excluding hydrogens is 246 g/mol. The molecule has 0 spiro atoms. The minimum atomic E-state index is -0.499. The van der Waals surface area contributed by atoms with Crippen molar-refractivity contribution < 1.29 is 9.72 Å². The van der Waals surface area contributed by atoms with Crippen LogP contribution in [0.3, 0.4) is 0 Å². The molecule has 1 rings (SSSR count). The largest absolute Gasteiger partial charge is 0.350 e. The number of rotatable bonds is 6. The van der Waals surface area contributed by atoms with Gasteiger partial charge in [0.2, 0.25) is 0 Å². The number of nitrogens with zero attached hydrogens (tertiary/aromatic N) is 1. The number of benzene rings is 1. The molecule has 1 aromatic rings. The highest BCUT2D eigenvalue weighted by Gasteiger charge is 2.21. The van der Waals surface area contributed by atoms with E-state index in [0.29, 0.717) is 12.1 Å². The molecule has 0 bridgehead atoms. The summed E-state index contributed by atoms with van der Waals surface area (Å²) in [6, 6.07) is 5.49. The Morgan fingerprint density at radius 2 is 1.84 bits per heavy atom. The lowest BCUT2D eigenvalue weighted by Gasteiger charge is -2.26. The molecule has 104 valence electrons. The molecule has 0 saturated carbocycles. The highest BCUT2D eigenvalue weighted by atomic mass is 16.6. The van der Waals surface area contributed by atoms with Crippen molar-refractivity contribution in [2.45, 2.75) is 32.2 Å². The summed E-state index contributed by atoms with van der Waals surface area (Å²) in [4.78, 5) is 21.9. The van der Waals surface area contributed by atoms with E-state index in [-0.39, 0.29) is 11.6 Å². The van der Waals surface area contributed by atoms with Gasteiger partial charge in [-0.15, -0.1) is 0 Å². The van der Waals surface area contributed by atoms with E-state index in [1.165, 1.54) is 24.3 Å². The predicted molar refractivity (Wildman–Crippen MR) is 72.9 cm³/mol. The molecule has 0 aliphatic rings. The monoisotopic (exact) mass is 265 g/mol. The number of nitrogens with one attached hydrogen (secondary N) is 1. The normalized spacial score (nSPS) is 11.1. The zero-order valence-corrected chi connectivity index (χ0v) is 11.2. The van der Waals surface area contributed by atoms with Crippen LogP contribution in [0.5, 0.6) is 0 Å². The average Bonchev–Trinajstić information content (AvgIpc) is 2.44. The molecule has 19 heavy (non-hydrogen) atoms. The smallest absolute Gasteiger partial charge is 0.269 e. The van der Waals surface area contributed by atoms with E-state index in [4.69, 9.17) is 5.73 Å². The van der Waals surface area contributed by atoms with Crippen LogP contribution in [0.25, 0.3) is 0 Å². The van der Waals surface area contributed by atoms with E-state index in [0.717, 1.165) is 12.8 Å². The fourth-order valence-electron chi connectivity index (χ4n) is 1.59. The van der Waals surface area contributed by atoms with Crippen molar-refractivity contribution in [1.82, 2.24) is 5.32 Å². The molecule has 1 aromatic carbocycles. The van der Waals surface area contributed by atoms with Gasteiger partial charge in [-0.05, 0) is 25.0 Å². The third-order valence-electron chi connectivity index (χ3n) is 3.35. The highest BCUT2D eigenvalue weighted by molar-refractivity contribution is 5.94. The quantitative estimate of drug-likeness (QED) is 0.605. The van der Waals surface area contributed by atoms with Crippen LogP contribution in [0.4, 0.5) is 5.69 Å². The lowest BCUT2D eigenvalue weighted by molar-refractivity contribution is -0.384. The lowest BCUT2D eigenvalue weighted by Crippen LogP contribution is -2.49. The van der Waals surface area contributed by atoms with E-state index in [1.54, 1.807) is 0 Å². The minimum absolute atomic E-state index is 0.0353. The van der Waals surface area contributed by atoms with Gasteiger partial charge in [0.05, 0.1) is 4.92 Å².